The number of rotatable bonds is 5. The van der Waals surface area contributed by atoms with Gasteiger partial charge in [-0.2, -0.15) is 0 Å². The molecule has 4 atom stereocenters. The van der Waals surface area contributed by atoms with E-state index in [4.69, 9.17) is 9.26 Å². The molecule has 0 bridgehead atoms. The second-order valence-corrected chi connectivity index (χ2v) is 6.97. The van der Waals surface area contributed by atoms with E-state index in [1.165, 1.54) is 12.1 Å². The first-order valence-corrected chi connectivity index (χ1v) is 9.18. The minimum absolute atomic E-state index is 0.0225. The molecule has 3 heterocycles. The number of aromatic nitrogens is 3. The van der Waals surface area contributed by atoms with Gasteiger partial charge in [0.05, 0.1) is 18.5 Å². The molecule has 2 unspecified atom stereocenters. The van der Waals surface area contributed by atoms with Crippen LogP contribution >= 0.6 is 0 Å². The molecule has 1 aromatic carbocycles. The first-order valence-electron chi connectivity index (χ1n) is 9.18. The third-order valence-electron chi connectivity index (χ3n) is 4.96. The molecule has 2 aromatic heterocycles. The van der Waals surface area contributed by atoms with Crippen LogP contribution in [0, 0.1) is 0 Å². The summed E-state index contributed by atoms with van der Waals surface area (Å²) in [7, 11) is 0. The van der Waals surface area contributed by atoms with Crippen LogP contribution in [-0.4, -0.2) is 60.9 Å². The zero-order valence-electron chi connectivity index (χ0n) is 16.0. The van der Waals surface area contributed by atoms with Crippen LogP contribution in [0.1, 0.15) is 11.9 Å². The standard InChI is InChI=1S/C18H16F3N3O8/c19-18(20,21)31-10-3-1-2-8-9(22-32-15(8)10)6-24-12(26)4-5-23(17(24)29)16-14(28)13(27)11(7-25)30-16/h1-5,11,13-14,16,25,27-28H,6-7H2/t11-,13?,14?,16-/m1/s1. The van der Waals surface area contributed by atoms with Crippen LogP contribution in [0.2, 0.25) is 0 Å². The molecule has 32 heavy (non-hydrogen) atoms. The number of aliphatic hydroxyl groups is 3. The fourth-order valence-corrected chi connectivity index (χ4v) is 3.44. The normalized spacial score (nSPS) is 23.7. The van der Waals surface area contributed by atoms with Crippen molar-refractivity contribution >= 4 is 11.0 Å². The summed E-state index contributed by atoms with van der Waals surface area (Å²) in [6, 6.07) is 4.66. The SMILES string of the molecule is O=c1ccn([C@@H]2O[C@H](CO)C(O)C2O)c(=O)n1Cc1noc2c(OC(F)(F)F)cccc12. The molecule has 11 nitrogen and oxygen atoms in total. The van der Waals surface area contributed by atoms with Gasteiger partial charge in [-0.05, 0) is 12.1 Å². The van der Waals surface area contributed by atoms with Gasteiger partial charge in [0.25, 0.3) is 5.56 Å². The predicted octanol–water partition coefficient (Wildman–Crippen LogP) is -0.290. The number of hydrogen-bond acceptors (Lipinski definition) is 9. The lowest BCUT2D eigenvalue weighted by molar-refractivity contribution is -0.274. The lowest BCUT2D eigenvalue weighted by Crippen LogP contribution is -2.43. The molecule has 1 aliphatic rings. The van der Waals surface area contributed by atoms with Crippen molar-refractivity contribution in [3.05, 3.63) is 57.0 Å². The van der Waals surface area contributed by atoms with E-state index >= 15 is 0 Å². The highest BCUT2D eigenvalue weighted by molar-refractivity contribution is 5.84. The van der Waals surface area contributed by atoms with E-state index in [1.54, 1.807) is 0 Å². The van der Waals surface area contributed by atoms with Gasteiger partial charge < -0.3 is 29.3 Å². The number of nitrogens with zero attached hydrogens (tertiary/aromatic N) is 3. The monoisotopic (exact) mass is 459 g/mol. The van der Waals surface area contributed by atoms with Crippen LogP contribution in [0.4, 0.5) is 13.2 Å². The van der Waals surface area contributed by atoms with Gasteiger partial charge in [0.15, 0.2) is 12.0 Å². The molecule has 1 aliphatic heterocycles. The Morgan fingerprint density at radius 3 is 2.56 bits per heavy atom. The van der Waals surface area contributed by atoms with Crippen molar-refractivity contribution in [1.82, 2.24) is 14.3 Å². The highest BCUT2D eigenvalue weighted by atomic mass is 19.4. The lowest BCUT2D eigenvalue weighted by Gasteiger charge is -2.18. The van der Waals surface area contributed by atoms with Crippen molar-refractivity contribution in [3.63, 3.8) is 0 Å². The average molecular weight is 459 g/mol. The third-order valence-corrected chi connectivity index (χ3v) is 4.96. The van der Waals surface area contributed by atoms with E-state index in [0.717, 1.165) is 22.9 Å². The van der Waals surface area contributed by atoms with Gasteiger partial charge in [0.2, 0.25) is 5.58 Å². The Morgan fingerprint density at radius 2 is 1.91 bits per heavy atom. The molecule has 3 N–H and O–H groups in total. The molecule has 0 aliphatic carbocycles. The molecule has 0 saturated carbocycles. The maximum absolute atomic E-state index is 12.9. The molecule has 172 valence electrons. The Kier molecular flexibility index (Phi) is 5.54. The van der Waals surface area contributed by atoms with Crippen molar-refractivity contribution in [2.75, 3.05) is 6.61 Å². The Bertz CT molecular complexity index is 1250. The number of hydrogen-bond donors (Lipinski definition) is 3. The highest BCUT2D eigenvalue weighted by Gasteiger charge is 2.44. The number of ether oxygens (including phenoxy) is 2. The summed E-state index contributed by atoms with van der Waals surface area (Å²) >= 11 is 0. The van der Waals surface area contributed by atoms with E-state index in [0.29, 0.717) is 4.57 Å². The van der Waals surface area contributed by atoms with E-state index in [1.807, 2.05) is 0 Å². The van der Waals surface area contributed by atoms with Gasteiger partial charge in [-0.15, -0.1) is 13.2 Å². The fourth-order valence-electron chi connectivity index (χ4n) is 3.44. The lowest BCUT2D eigenvalue weighted by atomic mass is 10.1. The third kappa shape index (κ3) is 3.88. The zero-order chi connectivity index (χ0) is 23.2. The van der Waals surface area contributed by atoms with Gasteiger partial charge in [-0.1, -0.05) is 11.2 Å². The smallest absolute Gasteiger partial charge is 0.402 e. The molecule has 0 amide bonds. The molecule has 0 spiro atoms. The maximum atomic E-state index is 12.9. The fraction of sp³-hybridized carbons (Fsp3) is 0.389. The number of para-hydroxylation sites is 1. The number of alkyl halides is 3. The van der Waals surface area contributed by atoms with Gasteiger partial charge in [-0.3, -0.25) is 13.9 Å². The van der Waals surface area contributed by atoms with Gasteiger partial charge >= 0.3 is 12.1 Å². The number of fused-ring (bicyclic) bond motifs is 1. The summed E-state index contributed by atoms with van der Waals surface area (Å²) in [6.07, 6.45) is -9.48. The summed E-state index contributed by atoms with van der Waals surface area (Å²) in [5.74, 6) is -0.641. The Balaban J connectivity index is 1.71. The molecule has 1 saturated heterocycles. The Labute approximate surface area is 175 Å². The Hall–Kier alpha value is -3.20. The van der Waals surface area contributed by atoms with Crippen molar-refractivity contribution < 1.29 is 42.5 Å². The molecule has 1 fully saturated rings. The number of aliphatic hydroxyl groups excluding tert-OH is 3. The molecular formula is C18H16F3N3O8. The van der Waals surface area contributed by atoms with Crippen LogP contribution in [0.5, 0.6) is 5.75 Å². The summed E-state index contributed by atoms with van der Waals surface area (Å²) in [4.78, 5) is 25.2. The van der Waals surface area contributed by atoms with Crippen LogP contribution in [0.15, 0.2) is 44.6 Å². The highest BCUT2D eigenvalue weighted by Crippen LogP contribution is 2.32. The topological polar surface area (TPSA) is 149 Å². The van der Waals surface area contributed by atoms with E-state index in [9.17, 15) is 38.1 Å². The molecule has 0 radical (unpaired) electrons. The molecule has 14 heteroatoms. The first-order chi connectivity index (χ1) is 15.1. The predicted molar refractivity (Wildman–Crippen MR) is 97.8 cm³/mol. The Morgan fingerprint density at radius 1 is 1.16 bits per heavy atom. The summed E-state index contributed by atoms with van der Waals surface area (Å²) in [5, 5.41) is 33.0. The van der Waals surface area contributed by atoms with Crippen molar-refractivity contribution in [2.24, 2.45) is 0 Å². The summed E-state index contributed by atoms with van der Waals surface area (Å²) < 4.78 is 53.5. The second-order valence-electron chi connectivity index (χ2n) is 6.97. The van der Waals surface area contributed by atoms with Crippen LogP contribution in [0.3, 0.4) is 0 Å². The minimum Gasteiger partial charge on any atom is -0.402 e. The van der Waals surface area contributed by atoms with E-state index < -0.39 is 61.1 Å². The zero-order valence-corrected chi connectivity index (χ0v) is 16.0. The molecular weight excluding hydrogens is 443 g/mol. The van der Waals surface area contributed by atoms with Gasteiger partial charge in [0, 0.05) is 12.3 Å². The van der Waals surface area contributed by atoms with E-state index in [2.05, 4.69) is 9.89 Å². The van der Waals surface area contributed by atoms with Gasteiger partial charge in [0.1, 0.15) is 24.0 Å². The van der Waals surface area contributed by atoms with E-state index in [-0.39, 0.29) is 16.7 Å². The summed E-state index contributed by atoms with van der Waals surface area (Å²) in [6.45, 7) is -1.09. The summed E-state index contributed by atoms with van der Waals surface area (Å²) in [5.41, 5.74) is -2.07. The van der Waals surface area contributed by atoms with Crippen molar-refractivity contribution in [2.45, 2.75) is 37.4 Å². The number of benzene rings is 1. The molecule has 3 aromatic rings. The minimum atomic E-state index is -4.97. The van der Waals surface area contributed by atoms with Crippen LogP contribution < -0.4 is 16.0 Å². The van der Waals surface area contributed by atoms with Crippen LogP contribution in [0.25, 0.3) is 11.0 Å². The molecule has 4 rings (SSSR count). The van der Waals surface area contributed by atoms with Crippen LogP contribution in [-0.2, 0) is 11.3 Å². The van der Waals surface area contributed by atoms with Crippen molar-refractivity contribution in [3.8, 4) is 5.75 Å². The van der Waals surface area contributed by atoms with Crippen molar-refractivity contribution in [1.29, 1.82) is 0 Å². The second kappa shape index (κ2) is 8.05. The average Bonchev–Trinajstić information content (AvgIpc) is 3.26. The largest absolute Gasteiger partial charge is 0.573 e. The maximum Gasteiger partial charge on any atom is 0.573 e. The van der Waals surface area contributed by atoms with Gasteiger partial charge in [-0.25, -0.2) is 4.79 Å². The number of halogens is 3. The quantitative estimate of drug-likeness (QED) is 0.468. The first kappa shape index (κ1) is 22.0.